The van der Waals surface area contributed by atoms with Crippen LogP contribution in [0.5, 0.6) is 0 Å². The van der Waals surface area contributed by atoms with Gasteiger partial charge < -0.3 is 14.8 Å². The lowest BCUT2D eigenvalue weighted by atomic mass is 9.86. The van der Waals surface area contributed by atoms with E-state index in [1.165, 1.54) is 12.1 Å². The zero-order valence-corrected chi connectivity index (χ0v) is 17.7. The number of oxime groups is 1. The van der Waals surface area contributed by atoms with E-state index >= 15 is 0 Å². The van der Waals surface area contributed by atoms with E-state index in [0.717, 1.165) is 36.2 Å². The van der Waals surface area contributed by atoms with Gasteiger partial charge in [-0.15, -0.1) is 0 Å². The van der Waals surface area contributed by atoms with Crippen LogP contribution >= 0.6 is 0 Å². The number of aromatic nitrogens is 2. The minimum absolute atomic E-state index is 0.196. The number of halogens is 2. The summed E-state index contributed by atoms with van der Waals surface area (Å²) in [5, 5.41) is 13.2. The van der Waals surface area contributed by atoms with Crippen LogP contribution in [0.1, 0.15) is 34.7 Å². The molecule has 32 heavy (non-hydrogen) atoms. The van der Waals surface area contributed by atoms with Crippen LogP contribution in [-0.4, -0.2) is 47.2 Å². The number of ether oxygens (including phenoxy) is 1. The Morgan fingerprint density at radius 3 is 2.59 bits per heavy atom. The van der Waals surface area contributed by atoms with Crippen molar-refractivity contribution in [2.24, 2.45) is 5.16 Å². The highest BCUT2D eigenvalue weighted by atomic mass is 19.1. The van der Waals surface area contributed by atoms with Gasteiger partial charge in [0.2, 0.25) is 0 Å². The fourth-order valence-corrected chi connectivity index (χ4v) is 3.91. The van der Waals surface area contributed by atoms with E-state index in [4.69, 9.17) is 4.74 Å². The van der Waals surface area contributed by atoms with Gasteiger partial charge in [-0.2, -0.15) is 0 Å². The van der Waals surface area contributed by atoms with Crippen molar-refractivity contribution in [2.45, 2.75) is 19.3 Å². The molecule has 1 aliphatic rings. The van der Waals surface area contributed by atoms with Crippen LogP contribution < -0.4 is 4.90 Å². The summed E-state index contributed by atoms with van der Waals surface area (Å²) >= 11 is 0. The Bertz CT molecular complexity index is 1100. The predicted molar refractivity (Wildman–Crippen MR) is 117 cm³/mol. The summed E-state index contributed by atoms with van der Waals surface area (Å²) in [6, 6.07) is 10.8. The number of nitrogens with zero attached hydrogens (tertiary/aromatic N) is 4. The fraction of sp³-hybridized carbons (Fsp3) is 0.292. The number of aryl methyl sites for hydroxylation is 1. The summed E-state index contributed by atoms with van der Waals surface area (Å²) in [6.45, 7) is 4.64. The van der Waals surface area contributed by atoms with Crippen molar-refractivity contribution in [3.63, 3.8) is 0 Å². The summed E-state index contributed by atoms with van der Waals surface area (Å²) in [4.78, 5) is 10.9. The molecule has 0 bridgehead atoms. The van der Waals surface area contributed by atoms with Crippen molar-refractivity contribution in [3.05, 3.63) is 88.9 Å². The highest BCUT2D eigenvalue weighted by Crippen LogP contribution is 2.32. The van der Waals surface area contributed by atoms with Crippen LogP contribution in [0.25, 0.3) is 0 Å². The Labute approximate surface area is 185 Å². The van der Waals surface area contributed by atoms with Gasteiger partial charge in [0.05, 0.1) is 18.9 Å². The smallest absolute Gasteiger partial charge is 0.129 e. The second-order valence-corrected chi connectivity index (χ2v) is 7.70. The molecule has 1 aliphatic heterocycles. The van der Waals surface area contributed by atoms with Crippen LogP contribution in [0.15, 0.2) is 60.0 Å². The summed E-state index contributed by atoms with van der Waals surface area (Å²) in [6.07, 6.45) is 3.52. The van der Waals surface area contributed by atoms with Gasteiger partial charge in [-0.1, -0.05) is 17.3 Å². The third kappa shape index (κ3) is 4.91. The minimum Gasteiger partial charge on any atom is -0.411 e. The maximum Gasteiger partial charge on any atom is 0.129 e. The van der Waals surface area contributed by atoms with Crippen molar-refractivity contribution in [3.8, 4) is 0 Å². The van der Waals surface area contributed by atoms with Crippen LogP contribution in [-0.2, 0) is 4.74 Å². The Morgan fingerprint density at radius 2 is 1.94 bits per heavy atom. The molecule has 4 rings (SSSR count). The number of anilines is 1. The van der Waals surface area contributed by atoms with E-state index in [1.54, 1.807) is 24.5 Å². The second-order valence-electron chi connectivity index (χ2n) is 7.70. The van der Waals surface area contributed by atoms with Gasteiger partial charge in [0.15, 0.2) is 0 Å². The van der Waals surface area contributed by atoms with E-state index in [9.17, 15) is 14.0 Å². The van der Waals surface area contributed by atoms with Crippen molar-refractivity contribution < 1.29 is 18.7 Å². The summed E-state index contributed by atoms with van der Waals surface area (Å²) in [5.74, 6) is -1.01. The molecule has 166 valence electrons. The number of rotatable bonds is 6. The summed E-state index contributed by atoms with van der Waals surface area (Å²) in [5.41, 5.74) is 2.87. The highest BCUT2D eigenvalue weighted by molar-refractivity contribution is 6.00. The van der Waals surface area contributed by atoms with E-state index in [0.29, 0.717) is 30.1 Å². The monoisotopic (exact) mass is 438 g/mol. The van der Waals surface area contributed by atoms with E-state index in [2.05, 4.69) is 20.0 Å². The molecule has 8 heteroatoms. The molecule has 1 N–H and O–H groups in total. The van der Waals surface area contributed by atoms with E-state index < -0.39 is 17.6 Å². The Kier molecular flexibility index (Phi) is 6.70. The molecule has 0 saturated carbocycles. The first-order chi connectivity index (χ1) is 15.5. The lowest BCUT2D eigenvalue weighted by molar-refractivity contribution is 0.122. The van der Waals surface area contributed by atoms with E-state index in [-0.39, 0.29) is 6.42 Å². The Hall–Kier alpha value is -3.39. The van der Waals surface area contributed by atoms with Crippen molar-refractivity contribution in [2.75, 3.05) is 31.2 Å². The SMILES string of the molecule is Cc1cc(C(CC(c2ccc(N3CCOCC3)nc2)c2ccc(F)cc2F)=NO)ccn1. The molecule has 2 aromatic heterocycles. The fourth-order valence-electron chi connectivity index (χ4n) is 3.91. The molecule has 1 unspecified atom stereocenters. The molecule has 1 saturated heterocycles. The highest BCUT2D eigenvalue weighted by Gasteiger charge is 2.23. The van der Waals surface area contributed by atoms with Gasteiger partial charge in [-0.05, 0) is 42.3 Å². The standard InChI is InChI=1S/C24H24F2N4O2/c1-16-12-17(6-7-27-16)23(29-31)14-21(20-4-3-19(25)13-22(20)26)18-2-5-24(28-15-18)30-8-10-32-11-9-30/h2-7,12-13,15,21,31H,8-11,14H2,1H3. The van der Waals surface area contributed by atoms with Crippen LogP contribution in [0.2, 0.25) is 0 Å². The molecular formula is C24H24F2N4O2. The zero-order valence-electron chi connectivity index (χ0n) is 17.7. The lowest BCUT2D eigenvalue weighted by Crippen LogP contribution is -2.36. The predicted octanol–water partition coefficient (Wildman–Crippen LogP) is 4.30. The van der Waals surface area contributed by atoms with Gasteiger partial charge in [0, 0.05) is 55.1 Å². The molecule has 1 aromatic carbocycles. The lowest BCUT2D eigenvalue weighted by Gasteiger charge is -2.28. The Morgan fingerprint density at radius 1 is 1.12 bits per heavy atom. The molecular weight excluding hydrogens is 414 g/mol. The maximum atomic E-state index is 14.8. The molecule has 0 spiro atoms. The minimum atomic E-state index is -0.657. The molecule has 1 fully saturated rings. The van der Waals surface area contributed by atoms with Gasteiger partial charge >= 0.3 is 0 Å². The summed E-state index contributed by atoms with van der Waals surface area (Å²) < 4.78 is 33.7. The molecule has 0 radical (unpaired) electrons. The number of hydrogen-bond acceptors (Lipinski definition) is 6. The van der Waals surface area contributed by atoms with Crippen LogP contribution in [0.4, 0.5) is 14.6 Å². The van der Waals surface area contributed by atoms with Crippen molar-refractivity contribution in [1.82, 2.24) is 9.97 Å². The third-order valence-electron chi connectivity index (χ3n) is 5.59. The molecule has 3 aromatic rings. The summed E-state index contributed by atoms with van der Waals surface area (Å²) in [7, 11) is 0. The third-order valence-corrected chi connectivity index (χ3v) is 5.59. The van der Waals surface area contributed by atoms with Gasteiger partial charge in [0.1, 0.15) is 17.5 Å². The zero-order chi connectivity index (χ0) is 22.5. The number of benzene rings is 1. The van der Waals surface area contributed by atoms with Crippen LogP contribution in [0, 0.1) is 18.6 Å². The average Bonchev–Trinajstić information content (AvgIpc) is 2.81. The molecule has 6 nitrogen and oxygen atoms in total. The molecule has 3 heterocycles. The quantitative estimate of drug-likeness (QED) is 0.353. The topological polar surface area (TPSA) is 70.8 Å². The maximum absolute atomic E-state index is 14.8. The number of hydrogen-bond donors (Lipinski definition) is 1. The molecule has 0 aliphatic carbocycles. The van der Waals surface area contributed by atoms with Gasteiger partial charge in [-0.25, -0.2) is 13.8 Å². The largest absolute Gasteiger partial charge is 0.411 e. The Balaban J connectivity index is 1.69. The first-order valence-electron chi connectivity index (χ1n) is 10.4. The van der Waals surface area contributed by atoms with Gasteiger partial charge in [-0.3, -0.25) is 4.98 Å². The second kappa shape index (κ2) is 9.82. The number of pyridine rings is 2. The normalized spacial score (nSPS) is 15.6. The first-order valence-corrected chi connectivity index (χ1v) is 10.4. The number of morpholine rings is 1. The van der Waals surface area contributed by atoms with E-state index in [1.807, 2.05) is 19.1 Å². The van der Waals surface area contributed by atoms with Gasteiger partial charge in [0.25, 0.3) is 0 Å². The van der Waals surface area contributed by atoms with Crippen LogP contribution in [0.3, 0.4) is 0 Å². The average molecular weight is 438 g/mol. The first kappa shape index (κ1) is 21.8. The van der Waals surface area contributed by atoms with Crippen molar-refractivity contribution >= 4 is 11.5 Å². The molecule has 0 amide bonds. The molecule has 1 atom stereocenters. The van der Waals surface area contributed by atoms with Crippen molar-refractivity contribution in [1.29, 1.82) is 0 Å².